The van der Waals surface area contributed by atoms with E-state index in [2.05, 4.69) is 31.4 Å². The zero-order valence-electron chi connectivity index (χ0n) is 17.0. The van der Waals surface area contributed by atoms with E-state index in [1.54, 1.807) is 4.90 Å². The number of hydrogen-bond acceptors (Lipinski definition) is 4. The first-order chi connectivity index (χ1) is 12.5. The normalized spacial score (nSPS) is 17.3. The van der Waals surface area contributed by atoms with Gasteiger partial charge in [0.15, 0.2) is 5.96 Å². The molecule has 0 aliphatic carbocycles. The lowest BCUT2D eigenvalue weighted by atomic mass is 9.94. The number of carbonyl (C=O) groups is 1. The molecular weight excluding hydrogens is 332 g/mol. The lowest BCUT2D eigenvalue weighted by Gasteiger charge is -2.32. The molecule has 1 aliphatic heterocycles. The van der Waals surface area contributed by atoms with Gasteiger partial charge in [0, 0.05) is 38.8 Å². The Bertz CT molecular complexity index is 421. The second-order valence-electron chi connectivity index (χ2n) is 7.33. The number of ether oxygens (including phenoxy) is 1. The van der Waals surface area contributed by atoms with Crippen molar-refractivity contribution in [2.75, 3.05) is 39.4 Å². The van der Waals surface area contributed by atoms with Crippen molar-refractivity contribution in [3.05, 3.63) is 0 Å². The van der Waals surface area contributed by atoms with Crippen LogP contribution in [0, 0.1) is 11.8 Å². The van der Waals surface area contributed by atoms with E-state index in [0.29, 0.717) is 37.6 Å². The SMILES string of the molecule is CCNC(=NCC(CCO)CC(C)C)NC1CCN(C(=O)OCC)CC1. The van der Waals surface area contributed by atoms with Crippen LogP contribution in [0.25, 0.3) is 0 Å². The van der Waals surface area contributed by atoms with E-state index in [9.17, 15) is 9.90 Å². The molecule has 1 aliphatic rings. The molecule has 1 saturated heterocycles. The fourth-order valence-corrected chi connectivity index (χ4v) is 3.29. The van der Waals surface area contributed by atoms with Gasteiger partial charge in [0.1, 0.15) is 0 Å². The van der Waals surface area contributed by atoms with E-state index in [-0.39, 0.29) is 12.7 Å². The zero-order valence-corrected chi connectivity index (χ0v) is 17.0. The molecule has 1 atom stereocenters. The predicted octanol–water partition coefficient (Wildman–Crippen LogP) is 2.21. The van der Waals surface area contributed by atoms with Gasteiger partial charge in [-0.25, -0.2) is 4.79 Å². The van der Waals surface area contributed by atoms with Crippen molar-refractivity contribution in [1.82, 2.24) is 15.5 Å². The molecule has 0 spiro atoms. The highest BCUT2D eigenvalue weighted by molar-refractivity contribution is 5.80. The van der Waals surface area contributed by atoms with Crippen molar-refractivity contribution < 1.29 is 14.6 Å². The van der Waals surface area contributed by atoms with Gasteiger partial charge < -0.3 is 25.4 Å². The van der Waals surface area contributed by atoms with Gasteiger partial charge in [0.05, 0.1) is 6.61 Å². The molecule has 1 heterocycles. The molecule has 26 heavy (non-hydrogen) atoms. The Kier molecular flexibility index (Phi) is 11.1. The van der Waals surface area contributed by atoms with Gasteiger partial charge in [-0.05, 0) is 51.4 Å². The maximum absolute atomic E-state index is 11.8. The van der Waals surface area contributed by atoms with Crippen LogP contribution >= 0.6 is 0 Å². The van der Waals surface area contributed by atoms with E-state index in [4.69, 9.17) is 9.73 Å². The molecule has 0 aromatic rings. The van der Waals surface area contributed by atoms with Crippen LogP contribution in [0.5, 0.6) is 0 Å². The highest BCUT2D eigenvalue weighted by Gasteiger charge is 2.24. The smallest absolute Gasteiger partial charge is 0.409 e. The Labute approximate surface area is 158 Å². The summed E-state index contributed by atoms with van der Waals surface area (Å²) in [6.45, 7) is 11.9. The van der Waals surface area contributed by atoms with E-state index in [1.807, 2.05) is 6.92 Å². The minimum atomic E-state index is -0.216. The van der Waals surface area contributed by atoms with Crippen molar-refractivity contribution in [2.24, 2.45) is 16.8 Å². The van der Waals surface area contributed by atoms with Gasteiger partial charge in [0.25, 0.3) is 0 Å². The first-order valence-electron chi connectivity index (χ1n) is 10.1. The quantitative estimate of drug-likeness (QED) is 0.428. The van der Waals surface area contributed by atoms with Crippen LogP contribution in [0.3, 0.4) is 0 Å². The van der Waals surface area contributed by atoms with Crippen LogP contribution in [-0.4, -0.2) is 67.5 Å². The van der Waals surface area contributed by atoms with Gasteiger partial charge in [-0.1, -0.05) is 13.8 Å². The fourth-order valence-electron chi connectivity index (χ4n) is 3.29. The lowest BCUT2D eigenvalue weighted by Crippen LogP contribution is -2.50. The van der Waals surface area contributed by atoms with Gasteiger partial charge in [-0.2, -0.15) is 0 Å². The average molecular weight is 371 g/mol. The van der Waals surface area contributed by atoms with E-state index in [0.717, 1.165) is 44.7 Å². The van der Waals surface area contributed by atoms with Crippen molar-refractivity contribution in [2.45, 2.75) is 59.4 Å². The monoisotopic (exact) mass is 370 g/mol. The Morgan fingerprint density at radius 2 is 2.00 bits per heavy atom. The summed E-state index contributed by atoms with van der Waals surface area (Å²) in [4.78, 5) is 18.3. The van der Waals surface area contributed by atoms with Crippen LogP contribution in [0.1, 0.15) is 53.4 Å². The van der Waals surface area contributed by atoms with E-state index >= 15 is 0 Å². The standard InChI is InChI=1S/C19H38N4O3/c1-5-20-18(21-14-16(9-12-24)13-15(3)4)22-17-7-10-23(11-8-17)19(25)26-6-2/h15-17,24H,5-14H2,1-4H3,(H2,20,21,22). The summed E-state index contributed by atoms with van der Waals surface area (Å²) in [6.07, 6.45) is 3.41. The number of nitrogens with one attached hydrogen (secondary N) is 2. The van der Waals surface area contributed by atoms with Gasteiger partial charge >= 0.3 is 6.09 Å². The number of hydrogen-bond donors (Lipinski definition) is 3. The van der Waals surface area contributed by atoms with Gasteiger partial charge in [-0.15, -0.1) is 0 Å². The molecule has 3 N–H and O–H groups in total. The predicted molar refractivity (Wildman–Crippen MR) is 105 cm³/mol. The largest absolute Gasteiger partial charge is 0.450 e. The third-order valence-corrected chi connectivity index (χ3v) is 4.56. The minimum Gasteiger partial charge on any atom is -0.450 e. The maximum atomic E-state index is 11.8. The van der Waals surface area contributed by atoms with Gasteiger partial charge in [0.2, 0.25) is 0 Å². The molecule has 7 nitrogen and oxygen atoms in total. The minimum absolute atomic E-state index is 0.212. The molecule has 152 valence electrons. The Morgan fingerprint density at radius 1 is 1.31 bits per heavy atom. The summed E-state index contributed by atoms with van der Waals surface area (Å²) in [7, 11) is 0. The number of nitrogens with zero attached hydrogens (tertiary/aromatic N) is 2. The number of piperidine rings is 1. The second kappa shape index (κ2) is 12.8. The zero-order chi connectivity index (χ0) is 19.4. The summed E-state index contributed by atoms with van der Waals surface area (Å²) >= 11 is 0. The molecule has 0 saturated carbocycles. The number of aliphatic imine (C=N–C) groups is 1. The molecule has 1 amide bonds. The Morgan fingerprint density at radius 3 is 2.54 bits per heavy atom. The molecule has 0 radical (unpaired) electrons. The number of rotatable bonds is 9. The summed E-state index contributed by atoms with van der Waals surface area (Å²) in [6, 6.07) is 0.305. The van der Waals surface area contributed by atoms with E-state index < -0.39 is 0 Å². The molecule has 0 aromatic carbocycles. The summed E-state index contributed by atoms with van der Waals surface area (Å²) < 4.78 is 5.07. The summed E-state index contributed by atoms with van der Waals surface area (Å²) in [5, 5.41) is 16.1. The highest BCUT2D eigenvalue weighted by Crippen LogP contribution is 2.16. The van der Waals surface area contributed by atoms with Crippen molar-refractivity contribution in [1.29, 1.82) is 0 Å². The third kappa shape index (κ3) is 8.74. The number of guanidine groups is 1. The summed E-state index contributed by atoms with van der Waals surface area (Å²) in [5.74, 6) is 1.83. The van der Waals surface area contributed by atoms with Crippen LogP contribution in [-0.2, 0) is 4.74 Å². The fraction of sp³-hybridized carbons (Fsp3) is 0.895. The number of aliphatic hydroxyl groups is 1. The Balaban J connectivity index is 2.52. The average Bonchev–Trinajstić information content (AvgIpc) is 2.60. The van der Waals surface area contributed by atoms with E-state index in [1.165, 1.54) is 0 Å². The molecule has 1 rings (SSSR count). The third-order valence-electron chi connectivity index (χ3n) is 4.56. The Hall–Kier alpha value is -1.50. The lowest BCUT2D eigenvalue weighted by molar-refractivity contribution is 0.0963. The summed E-state index contributed by atoms with van der Waals surface area (Å²) in [5.41, 5.74) is 0. The first-order valence-corrected chi connectivity index (χ1v) is 10.1. The molecule has 0 bridgehead atoms. The van der Waals surface area contributed by atoms with Crippen LogP contribution < -0.4 is 10.6 Å². The number of carbonyl (C=O) groups excluding carboxylic acids is 1. The van der Waals surface area contributed by atoms with Crippen molar-refractivity contribution in [3.8, 4) is 0 Å². The maximum Gasteiger partial charge on any atom is 0.409 e. The number of likely N-dealkylation sites (tertiary alicyclic amines) is 1. The number of amides is 1. The molecule has 1 fully saturated rings. The molecule has 0 aromatic heterocycles. The highest BCUT2D eigenvalue weighted by atomic mass is 16.6. The molecule has 7 heteroatoms. The van der Waals surface area contributed by atoms with Crippen LogP contribution in [0.4, 0.5) is 4.79 Å². The van der Waals surface area contributed by atoms with Crippen molar-refractivity contribution in [3.63, 3.8) is 0 Å². The topological polar surface area (TPSA) is 86.2 Å². The molecular formula is C19H38N4O3. The molecule has 1 unspecified atom stereocenters. The van der Waals surface area contributed by atoms with Crippen LogP contribution in [0.2, 0.25) is 0 Å². The van der Waals surface area contributed by atoms with Gasteiger partial charge in [-0.3, -0.25) is 4.99 Å². The number of aliphatic hydroxyl groups excluding tert-OH is 1. The second-order valence-corrected chi connectivity index (χ2v) is 7.33. The van der Waals surface area contributed by atoms with Crippen LogP contribution in [0.15, 0.2) is 4.99 Å². The first kappa shape index (κ1) is 22.5. The van der Waals surface area contributed by atoms with Crippen molar-refractivity contribution >= 4 is 12.1 Å².